The molecule has 0 aliphatic carbocycles. The van der Waals surface area contributed by atoms with Gasteiger partial charge in [0.05, 0.1) is 5.41 Å². The van der Waals surface area contributed by atoms with Crippen LogP contribution in [0.1, 0.15) is 19.4 Å². The Labute approximate surface area is 85.0 Å². The summed E-state index contributed by atoms with van der Waals surface area (Å²) in [5.74, 6) is -4.63. The van der Waals surface area contributed by atoms with Crippen LogP contribution in [0, 0.1) is 11.6 Å². The Bertz CT molecular complexity index is 390. The summed E-state index contributed by atoms with van der Waals surface area (Å²) in [7, 11) is 0. The third-order valence-corrected chi connectivity index (χ3v) is 2.27. The molecule has 0 bridgehead atoms. The van der Waals surface area contributed by atoms with Crippen LogP contribution in [0.25, 0.3) is 0 Å². The second-order valence-corrected chi connectivity index (χ2v) is 3.72. The zero-order chi connectivity index (χ0) is 11.8. The molecule has 82 valence electrons. The molecule has 1 aromatic rings. The highest BCUT2D eigenvalue weighted by atomic mass is 19.1. The van der Waals surface area contributed by atoms with E-state index in [1.807, 2.05) is 0 Å². The van der Waals surface area contributed by atoms with Crippen LogP contribution >= 0.6 is 0 Å². The van der Waals surface area contributed by atoms with Crippen LogP contribution in [-0.4, -0.2) is 16.2 Å². The first-order valence-corrected chi connectivity index (χ1v) is 4.18. The lowest BCUT2D eigenvalue weighted by atomic mass is 9.84. The second-order valence-electron chi connectivity index (χ2n) is 3.72. The van der Waals surface area contributed by atoms with Crippen molar-refractivity contribution in [2.24, 2.45) is 0 Å². The SMILES string of the molecule is CC(C)(C(=O)O)c1cc(F)c(O)c(F)c1. The van der Waals surface area contributed by atoms with Crippen molar-refractivity contribution in [3.05, 3.63) is 29.3 Å². The first-order chi connectivity index (χ1) is 6.76. The Kier molecular flexibility index (Phi) is 2.66. The van der Waals surface area contributed by atoms with E-state index in [0.29, 0.717) is 0 Å². The maximum absolute atomic E-state index is 13.0. The van der Waals surface area contributed by atoms with Crippen molar-refractivity contribution in [3.8, 4) is 5.75 Å². The van der Waals surface area contributed by atoms with Crippen molar-refractivity contribution in [2.45, 2.75) is 19.3 Å². The summed E-state index contributed by atoms with van der Waals surface area (Å²) < 4.78 is 25.9. The zero-order valence-electron chi connectivity index (χ0n) is 8.21. The van der Waals surface area contributed by atoms with Crippen molar-refractivity contribution in [1.29, 1.82) is 0 Å². The highest BCUT2D eigenvalue weighted by molar-refractivity contribution is 5.80. The van der Waals surface area contributed by atoms with Gasteiger partial charge in [0.25, 0.3) is 0 Å². The molecule has 1 aromatic carbocycles. The van der Waals surface area contributed by atoms with E-state index in [4.69, 9.17) is 10.2 Å². The molecule has 2 N–H and O–H groups in total. The van der Waals surface area contributed by atoms with Gasteiger partial charge in [0.1, 0.15) is 0 Å². The number of carboxylic acid groups (broad SMARTS) is 1. The van der Waals surface area contributed by atoms with E-state index in [-0.39, 0.29) is 5.56 Å². The fourth-order valence-corrected chi connectivity index (χ4v) is 1.05. The smallest absolute Gasteiger partial charge is 0.313 e. The summed E-state index contributed by atoms with van der Waals surface area (Å²) in [6.07, 6.45) is 0. The van der Waals surface area contributed by atoms with Crippen molar-refractivity contribution in [3.63, 3.8) is 0 Å². The Morgan fingerprint density at radius 1 is 1.27 bits per heavy atom. The van der Waals surface area contributed by atoms with E-state index in [1.54, 1.807) is 0 Å². The topological polar surface area (TPSA) is 57.5 Å². The van der Waals surface area contributed by atoms with Crippen LogP contribution in [0.3, 0.4) is 0 Å². The van der Waals surface area contributed by atoms with E-state index in [1.165, 1.54) is 13.8 Å². The highest BCUT2D eigenvalue weighted by Gasteiger charge is 2.31. The summed E-state index contributed by atoms with van der Waals surface area (Å²) in [4.78, 5) is 10.8. The molecule has 0 radical (unpaired) electrons. The fraction of sp³-hybridized carbons (Fsp3) is 0.300. The molecule has 0 aromatic heterocycles. The molecule has 0 unspecified atom stereocenters. The minimum Gasteiger partial charge on any atom is -0.503 e. The monoisotopic (exact) mass is 216 g/mol. The van der Waals surface area contributed by atoms with Gasteiger partial charge in [-0.3, -0.25) is 4.79 Å². The fourth-order valence-electron chi connectivity index (χ4n) is 1.05. The van der Waals surface area contributed by atoms with Crippen molar-refractivity contribution in [1.82, 2.24) is 0 Å². The third kappa shape index (κ3) is 1.91. The number of carboxylic acids is 1. The number of phenolic OH excluding ortho intramolecular Hbond substituents is 1. The summed E-state index contributed by atoms with van der Waals surface area (Å²) in [6.45, 7) is 2.64. The number of aromatic hydroxyl groups is 1. The van der Waals surface area contributed by atoms with E-state index >= 15 is 0 Å². The molecule has 0 aliphatic heterocycles. The van der Waals surface area contributed by atoms with Crippen LogP contribution in [0.15, 0.2) is 12.1 Å². The van der Waals surface area contributed by atoms with Gasteiger partial charge in [0, 0.05) is 0 Å². The lowest BCUT2D eigenvalue weighted by molar-refractivity contribution is -0.142. The van der Waals surface area contributed by atoms with Crippen LogP contribution in [0.2, 0.25) is 0 Å². The van der Waals surface area contributed by atoms with Crippen LogP contribution in [0.5, 0.6) is 5.75 Å². The third-order valence-electron chi connectivity index (χ3n) is 2.27. The van der Waals surface area contributed by atoms with Crippen molar-refractivity contribution < 1.29 is 23.8 Å². The Hall–Kier alpha value is -1.65. The van der Waals surface area contributed by atoms with Crippen LogP contribution in [-0.2, 0) is 10.2 Å². The molecule has 0 saturated carbocycles. The number of carbonyl (C=O) groups is 1. The van der Waals surface area contributed by atoms with E-state index in [0.717, 1.165) is 12.1 Å². The summed E-state index contributed by atoms with van der Waals surface area (Å²) in [5, 5.41) is 17.7. The Balaban J connectivity index is 3.34. The van der Waals surface area contributed by atoms with Gasteiger partial charge in [-0.15, -0.1) is 0 Å². The van der Waals surface area contributed by atoms with Gasteiger partial charge in [-0.1, -0.05) is 0 Å². The molecule has 3 nitrogen and oxygen atoms in total. The number of benzene rings is 1. The summed E-state index contributed by atoms with van der Waals surface area (Å²) in [5.41, 5.74) is -1.45. The number of rotatable bonds is 2. The molecule has 15 heavy (non-hydrogen) atoms. The molecule has 0 saturated heterocycles. The molecule has 0 fully saturated rings. The number of aliphatic carboxylic acids is 1. The van der Waals surface area contributed by atoms with Gasteiger partial charge in [-0.2, -0.15) is 0 Å². The first kappa shape index (κ1) is 11.4. The first-order valence-electron chi connectivity index (χ1n) is 4.18. The van der Waals surface area contributed by atoms with Gasteiger partial charge in [0.15, 0.2) is 17.4 Å². The van der Waals surface area contributed by atoms with Gasteiger partial charge < -0.3 is 10.2 Å². The average molecular weight is 216 g/mol. The molecular formula is C10H10F2O3. The van der Waals surface area contributed by atoms with E-state index < -0.39 is 28.8 Å². The zero-order valence-corrected chi connectivity index (χ0v) is 8.21. The van der Waals surface area contributed by atoms with Crippen LogP contribution in [0.4, 0.5) is 8.78 Å². The standard InChI is InChI=1S/C10H10F2O3/c1-10(2,9(14)15)5-3-6(11)8(13)7(12)4-5/h3-4,13H,1-2H3,(H,14,15). The Morgan fingerprint density at radius 3 is 2.00 bits per heavy atom. The highest BCUT2D eigenvalue weighted by Crippen LogP contribution is 2.29. The van der Waals surface area contributed by atoms with Crippen molar-refractivity contribution >= 4 is 5.97 Å². The number of hydrogen-bond donors (Lipinski definition) is 2. The molecule has 0 heterocycles. The predicted molar refractivity (Wildman–Crippen MR) is 48.7 cm³/mol. The molecular weight excluding hydrogens is 206 g/mol. The maximum atomic E-state index is 13.0. The molecule has 0 aliphatic rings. The molecule has 1 rings (SSSR count). The van der Waals surface area contributed by atoms with E-state index in [2.05, 4.69) is 0 Å². The number of phenols is 1. The summed E-state index contributed by atoms with van der Waals surface area (Å²) >= 11 is 0. The minimum atomic E-state index is -1.41. The lowest BCUT2D eigenvalue weighted by Crippen LogP contribution is -2.28. The van der Waals surface area contributed by atoms with Crippen molar-refractivity contribution in [2.75, 3.05) is 0 Å². The maximum Gasteiger partial charge on any atom is 0.313 e. The van der Waals surface area contributed by atoms with Gasteiger partial charge in [-0.05, 0) is 31.5 Å². The Morgan fingerprint density at radius 2 is 1.67 bits per heavy atom. The van der Waals surface area contributed by atoms with E-state index in [9.17, 15) is 13.6 Å². The van der Waals surface area contributed by atoms with Gasteiger partial charge in [0.2, 0.25) is 0 Å². The summed E-state index contributed by atoms with van der Waals surface area (Å²) in [6, 6.07) is 1.62. The molecule has 5 heteroatoms. The molecule has 0 amide bonds. The number of halogens is 2. The normalized spacial score (nSPS) is 11.5. The number of hydrogen-bond acceptors (Lipinski definition) is 2. The van der Waals surface area contributed by atoms with Gasteiger partial charge >= 0.3 is 5.97 Å². The predicted octanol–water partition coefficient (Wildman–Crippen LogP) is 2.03. The van der Waals surface area contributed by atoms with Crippen LogP contribution < -0.4 is 0 Å². The largest absolute Gasteiger partial charge is 0.503 e. The lowest BCUT2D eigenvalue weighted by Gasteiger charge is -2.19. The molecule has 0 atom stereocenters. The second kappa shape index (κ2) is 3.49. The minimum absolute atomic E-state index is 0.0391. The average Bonchev–Trinajstić information content (AvgIpc) is 2.13. The van der Waals surface area contributed by atoms with Gasteiger partial charge in [-0.25, -0.2) is 8.78 Å². The quantitative estimate of drug-likeness (QED) is 0.795. The molecule has 0 spiro atoms.